The third kappa shape index (κ3) is 8.43. The zero-order valence-electron chi connectivity index (χ0n) is 10.4. The molecular weight excluding hydrogens is 236 g/mol. The van der Waals surface area contributed by atoms with Crippen molar-refractivity contribution in [2.75, 3.05) is 0 Å². The molecule has 0 radical (unpaired) electrons. The second kappa shape index (κ2) is 9.32. The molecule has 0 saturated heterocycles. The number of primary amides is 2. The molecule has 0 aromatic heterocycles. The molecule has 0 rings (SSSR count). The SMILES string of the molecule is NC(=O)C(=O)CCCCCCCCC(=O)C(N)=O. The average Bonchev–Trinajstić information content (AvgIpc) is 2.31. The van der Waals surface area contributed by atoms with Gasteiger partial charge in [-0.3, -0.25) is 19.2 Å². The van der Waals surface area contributed by atoms with E-state index in [1.807, 2.05) is 0 Å². The van der Waals surface area contributed by atoms with Crippen LogP contribution >= 0.6 is 0 Å². The summed E-state index contributed by atoms with van der Waals surface area (Å²) < 4.78 is 0. The summed E-state index contributed by atoms with van der Waals surface area (Å²) in [5.41, 5.74) is 9.62. The van der Waals surface area contributed by atoms with Crippen molar-refractivity contribution in [1.82, 2.24) is 0 Å². The lowest BCUT2D eigenvalue weighted by molar-refractivity contribution is -0.136. The third-order valence-corrected chi connectivity index (χ3v) is 2.61. The van der Waals surface area contributed by atoms with Crippen LogP contribution in [0.1, 0.15) is 51.4 Å². The predicted octanol–water partition coefficient (Wildman–Crippen LogP) is 0.216. The van der Waals surface area contributed by atoms with Gasteiger partial charge in [-0.15, -0.1) is 0 Å². The van der Waals surface area contributed by atoms with Gasteiger partial charge in [-0.25, -0.2) is 0 Å². The van der Waals surface area contributed by atoms with Crippen molar-refractivity contribution in [1.29, 1.82) is 0 Å². The number of hydrogen-bond acceptors (Lipinski definition) is 4. The lowest BCUT2D eigenvalue weighted by Gasteiger charge is -2.00. The van der Waals surface area contributed by atoms with Gasteiger partial charge >= 0.3 is 0 Å². The second-order valence-electron chi connectivity index (χ2n) is 4.20. The van der Waals surface area contributed by atoms with Crippen molar-refractivity contribution in [3.8, 4) is 0 Å². The molecule has 102 valence electrons. The molecule has 2 amide bonds. The molecular formula is C12H20N2O4. The minimum Gasteiger partial charge on any atom is -0.363 e. The molecule has 0 spiro atoms. The van der Waals surface area contributed by atoms with Crippen molar-refractivity contribution in [3.05, 3.63) is 0 Å². The summed E-state index contributed by atoms with van der Waals surface area (Å²) in [4.78, 5) is 42.6. The van der Waals surface area contributed by atoms with Crippen LogP contribution in [0.4, 0.5) is 0 Å². The monoisotopic (exact) mass is 256 g/mol. The van der Waals surface area contributed by atoms with Gasteiger partial charge in [0, 0.05) is 12.8 Å². The lowest BCUT2D eigenvalue weighted by Crippen LogP contribution is -2.22. The van der Waals surface area contributed by atoms with Gasteiger partial charge in [0.2, 0.25) is 11.6 Å². The van der Waals surface area contributed by atoms with E-state index in [9.17, 15) is 19.2 Å². The third-order valence-electron chi connectivity index (χ3n) is 2.61. The highest BCUT2D eigenvalue weighted by Crippen LogP contribution is 2.09. The van der Waals surface area contributed by atoms with Crippen LogP contribution in [0.2, 0.25) is 0 Å². The fraction of sp³-hybridized carbons (Fsp3) is 0.667. The van der Waals surface area contributed by atoms with E-state index in [0.717, 1.165) is 25.7 Å². The molecule has 0 aliphatic rings. The molecule has 18 heavy (non-hydrogen) atoms. The minimum absolute atomic E-state index is 0.204. The standard InChI is InChI=1S/C12H20N2O4/c13-11(17)9(15)7-5-3-1-2-4-6-8-10(16)12(14)18/h1-8H2,(H2,13,17)(H2,14,18). The van der Waals surface area contributed by atoms with Crippen molar-refractivity contribution < 1.29 is 19.2 Å². The summed E-state index contributed by atoms with van der Waals surface area (Å²) in [6.07, 6.45) is 5.27. The van der Waals surface area contributed by atoms with Crippen LogP contribution in [0.5, 0.6) is 0 Å². The number of hydrogen-bond donors (Lipinski definition) is 2. The predicted molar refractivity (Wildman–Crippen MR) is 65.3 cm³/mol. The van der Waals surface area contributed by atoms with E-state index < -0.39 is 23.4 Å². The zero-order chi connectivity index (χ0) is 14.0. The highest BCUT2D eigenvalue weighted by molar-refractivity contribution is 6.35. The first-order chi connectivity index (χ1) is 8.45. The Morgan fingerprint density at radius 2 is 0.833 bits per heavy atom. The van der Waals surface area contributed by atoms with Crippen LogP contribution in [0.15, 0.2) is 0 Å². The fourth-order valence-electron chi connectivity index (χ4n) is 1.52. The van der Waals surface area contributed by atoms with Gasteiger partial charge in [-0.05, 0) is 12.8 Å². The maximum Gasteiger partial charge on any atom is 0.284 e. The van der Waals surface area contributed by atoms with E-state index in [2.05, 4.69) is 0 Å². The summed E-state index contributed by atoms with van der Waals surface area (Å²) in [7, 11) is 0. The van der Waals surface area contributed by atoms with Crippen LogP contribution < -0.4 is 11.5 Å². The summed E-state index contributed by atoms with van der Waals surface area (Å²) in [6, 6.07) is 0. The van der Waals surface area contributed by atoms with E-state index in [0.29, 0.717) is 12.8 Å². The first-order valence-electron chi connectivity index (χ1n) is 6.10. The maximum absolute atomic E-state index is 10.9. The molecule has 0 unspecified atom stereocenters. The Morgan fingerprint density at radius 1 is 0.556 bits per heavy atom. The van der Waals surface area contributed by atoms with E-state index in [4.69, 9.17) is 11.5 Å². The molecule has 0 fully saturated rings. The van der Waals surface area contributed by atoms with Crippen molar-refractivity contribution >= 4 is 23.4 Å². The van der Waals surface area contributed by atoms with Gasteiger partial charge < -0.3 is 11.5 Å². The Labute approximate surface area is 106 Å². The number of unbranched alkanes of at least 4 members (excludes halogenated alkanes) is 5. The Hall–Kier alpha value is -1.72. The first-order valence-corrected chi connectivity index (χ1v) is 6.10. The second-order valence-corrected chi connectivity index (χ2v) is 4.20. The van der Waals surface area contributed by atoms with Crippen LogP contribution in [-0.2, 0) is 19.2 Å². The van der Waals surface area contributed by atoms with E-state index in [1.165, 1.54) is 0 Å². The molecule has 0 atom stereocenters. The van der Waals surface area contributed by atoms with Crippen molar-refractivity contribution in [3.63, 3.8) is 0 Å². The lowest BCUT2D eigenvalue weighted by atomic mass is 10.1. The van der Waals surface area contributed by atoms with Crippen LogP contribution in [0, 0.1) is 0 Å². The first kappa shape index (κ1) is 16.3. The van der Waals surface area contributed by atoms with Gasteiger partial charge in [0.15, 0.2) is 0 Å². The Bertz CT molecular complexity index is 294. The Balaban J connectivity index is 3.32. The number of amides is 2. The van der Waals surface area contributed by atoms with E-state index in [1.54, 1.807) is 0 Å². The van der Waals surface area contributed by atoms with Gasteiger partial charge in [-0.2, -0.15) is 0 Å². The number of rotatable bonds is 11. The maximum atomic E-state index is 10.9. The van der Waals surface area contributed by atoms with Gasteiger partial charge in [-0.1, -0.05) is 25.7 Å². The summed E-state index contributed by atoms with van der Waals surface area (Å²) in [5.74, 6) is -2.80. The topological polar surface area (TPSA) is 120 Å². The fourth-order valence-corrected chi connectivity index (χ4v) is 1.52. The number of nitrogens with two attached hydrogens (primary N) is 2. The molecule has 4 N–H and O–H groups in total. The van der Waals surface area contributed by atoms with E-state index >= 15 is 0 Å². The van der Waals surface area contributed by atoms with Crippen LogP contribution in [-0.4, -0.2) is 23.4 Å². The molecule has 0 saturated carbocycles. The number of Topliss-reactive ketones (excluding diaryl/α,β-unsaturated/α-hetero) is 2. The summed E-state index contributed by atoms with van der Waals surface area (Å²) >= 11 is 0. The smallest absolute Gasteiger partial charge is 0.284 e. The van der Waals surface area contributed by atoms with Gasteiger partial charge in [0.1, 0.15) is 0 Å². The quantitative estimate of drug-likeness (QED) is 0.405. The van der Waals surface area contributed by atoms with Gasteiger partial charge in [0.05, 0.1) is 0 Å². The average molecular weight is 256 g/mol. The summed E-state index contributed by atoms with van der Waals surface area (Å²) in [6.45, 7) is 0. The molecule has 6 nitrogen and oxygen atoms in total. The van der Waals surface area contributed by atoms with E-state index in [-0.39, 0.29) is 12.8 Å². The Kier molecular flexibility index (Phi) is 8.43. The molecule has 0 bridgehead atoms. The molecule has 0 aromatic rings. The minimum atomic E-state index is -0.875. The largest absolute Gasteiger partial charge is 0.363 e. The van der Waals surface area contributed by atoms with Crippen molar-refractivity contribution in [2.45, 2.75) is 51.4 Å². The normalized spacial score (nSPS) is 10.0. The molecule has 6 heteroatoms. The molecule has 0 aliphatic heterocycles. The van der Waals surface area contributed by atoms with Crippen LogP contribution in [0.25, 0.3) is 0 Å². The van der Waals surface area contributed by atoms with Crippen LogP contribution in [0.3, 0.4) is 0 Å². The number of carbonyl (C=O) groups excluding carboxylic acids is 4. The van der Waals surface area contributed by atoms with Crippen molar-refractivity contribution in [2.24, 2.45) is 11.5 Å². The number of ketones is 2. The van der Waals surface area contributed by atoms with Gasteiger partial charge in [0.25, 0.3) is 11.8 Å². The molecule has 0 heterocycles. The zero-order valence-corrected chi connectivity index (χ0v) is 10.4. The Morgan fingerprint density at radius 3 is 1.11 bits per heavy atom. The highest BCUT2D eigenvalue weighted by atomic mass is 16.2. The molecule has 0 aliphatic carbocycles. The summed E-state index contributed by atoms with van der Waals surface area (Å²) in [5, 5.41) is 0. The number of carbonyl (C=O) groups is 4. The highest BCUT2D eigenvalue weighted by Gasteiger charge is 2.08. The molecule has 0 aromatic carbocycles.